The molecule has 1 aliphatic heterocycles. The van der Waals surface area contributed by atoms with E-state index in [1.807, 2.05) is 30.3 Å². The van der Waals surface area contributed by atoms with Crippen molar-refractivity contribution in [2.24, 2.45) is 5.73 Å². The third kappa shape index (κ3) is 3.95. The van der Waals surface area contributed by atoms with Crippen molar-refractivity contribution in [1.29, 1.82) is 0 Å². The lowest BCUT2D eigenvalue weighted by Crippen LogP contribution is -2.38. The van der Waals surface area contributed by atoms with E-state index in [0.29, 0.717) is 30.1 Å². The SMILES string of the molecule is CC(C)c1cccc2ccc(-c3nnc4ccc([C@@H](N5CC[C@H](N)C5)C(F)(F)F)cn34)nc12. The van der Waals surface area contributed by atoms with Gasteiger partial charge in [-0.3, -0.25) is 9.30 Å². The van der Waals surface area contributed by atoms with E-state index in [4.69, 9.17) is 10.7 Å². The van der Waals surface area contributed by atoms with Gasteiger partial charge in [0, 0.05) is 30.7 Å². The maximum atomic E-state index is 14.1. The second kappa shape index (κ2) is 8.07. The number of likely N-dealkylation sites (tertiary alicyclic amines) is 1. The summed E-state index contributed by atoms with van der Waals surface area (Å²) in [6.45, 7) is 4.72. The van der Waals surface area contributed by atoms with E-state index in [-0.39, 0.29) is 24.1 Å². The maximum absolute atomic E-state index is 14.1. The number of aromatic nitrogens is 4. The monoisotopic (exact) mass is 454 g/mol. The molecule has 1 saturated heterocycles. The number of nitrogens with two attached hydrogens (primary N) is 1. The minimum atomic E-state index is -4.43. The molecule has 0 bridgehead atoms. The topological polar surface area (TPSA) is 72.3 Å². The van der Waals surface area contributed by atoms with Crippen LogP contribution in [0.1, 0.15) is 43.4 Å². The quantitative estimate of drug-likeness (QED) is 0.484. The van der Waals surface area contributed by atoms with Crippen molar-refractivity contribution in [1.82, 2.24) is 24.5 Å². The number of halogens is 3. The van der Waals surface area contributed by atoms with E-state index in [0.717, 1.165) is 16.5 Å². The van der Waals surface area contributed by atoms with Gasteiger partial charge in [-0.15, -0.1) is 10.2 Å². The number of pyridine rings is 2. The number of fused-ring (bicyclic) bond motifs is 2. The van der Waals surface area contributed by atoms with Crippen molar-refractivity contribution in [3.05, 3.63) is 59.8 Å². The Labute approximate surface area is 189 Å². The molecule has 3 aromatic heterocycles. The summed E-state index contributed by atoms with van der Waals surface area (Å²) in [6, 6.07) is 10.9. The van der Waals surface area contributed by atoms with Gasteiger partial charge in [0.2, 0.25) is 0 Å². The Kier molecular flexibility index (Phi) is 5.33. The molecular formula is C24H25F3N6. The molecule has 0 spiro atoms. The van der Waals surface area contributed by atoms with Crippen molar-refractivity contribution < 1.29 is 13.2 Å². The van der Waals surface area contributed by atoms with Gasteiger partial charge in [-0.05, 0) is 35.6 Å². The Morgan fingerprint density at radius 3 is 2.58 bits per heavy atom. The minimum absolute atomic E-state index is 0.133. The largest absolute Gasteiger partial charge is 0.408 e. The van der Waals surface area contributed by atoms with E-state index in [1.165, 1.54) is 17.2 Å². The van der Waals surface area contributed by atoms with Gasteiger partial charge in [-0.2, -0.15) is 13.2 Å². The number of para-hydroxylation sites is 1. The van der Waals surface area contributed by atoms with Gasteiger partial charge in [-0.1, -0.05) is 44.2 Å². The van der Waals surface area contributed by atoms with Gasteiger partial charge in [0.05, 0.1) is 5.52 Å². The van der Waals surface area contributed by atoms with Crippen LogP contribution in [0, 0.1) is 0 Å². The van der Waals surface area contributed by atoms with Crippen LogP contribution in [0.2, 0.25) is 0 Å². The van der Waals surface area contributed by atoms with Crippen LogP contribution in [0.15, 0.2) is 48.7 Å². The van der Waals surface area contributed by atoms with E-state index in [2.05, 4.69) is 24.0 Å². The number of alkyl halides is 3. The third-order valence-corrected chi connectivity index (χ3v) is 6.27. The highest BCUT2D eigenvalue weighted by atomic mass is 19.4. The Hall–Kier alpha value is -3.04. The Morgan fingerprint density at radius 2 is 1.88 bits per heavy atom. The van der Waals surface area contributed by atoms with Crippen LogP contribution in [-0.2, 0) is 0 Å². The molecule has 172 valence electrons. The lowest BCUT2D eigenvalue weighted by Gasteiger charge is -2.30. The Morgan fingerprint density at radius 1 is 1.06 bits per heavy atom. The van der Waals surface area contributed by atoms with Gasteiger partial charge in [0.15, 0.2) is 11.5 Å². The van der Waals surface area contributed by atoms with Crippen LogP contribution in [0.3, 0.4) is 0 Å². The first-order valence-corrected chi connectivity index (χ1v) is 11.0. The zero-order valence-corrected chi connectivity index (χ0v) is 18.4. The molecule has 2 N–H and O–H groups in total. The summed E-state index contributed by atoms with van der Waals surface area (Å²) in [5, 5.41) is 9.42. The van der Waals surface area contributed by atoms with Crippen LogP contribution >= 0.6 is 0 Å². The van der Waals surface area contributed by atoms with E-state index in [1.54, 1.807) is 10.5 Å². The molecule has 0 unspecified atom stereocenters. The molecule has 1 aliphatic rings. The fourth-order valence-electron chi connectivity index (χ4n) is 4.66. The summed E-state index contributed by atoms with van der Waals surface area (Å²) in [6.07, 6.45) is -2.40. The predicted molar refractivity (Wildman–Crippen MR) is 121 cm³/mol. The molecule has 4 heterocycles. The molecule has 9 heteroatoms. The van der Waals surface area contributed by atoms with Crippen LogP contribution in [-0.4, -0.2) is 49.8 Å². The fourth-order valence-corrected chi connectivity index (χ4v) is 4.66. The zero-order chi connectivity index (χ0) is 23.3. The second-order valence-corrected chi connectivity index (χ2v) is 8.97. The first-order valence-electron chi connectivity index (χ1n) is 11.0. The number of benzene rings is 1. The van der Waals surface area contributed by atoms with Crippen molar-refractivity contribution >= 4 is 16.6 Å². The number of hydrogen-bond donors (Lipinski definition) is 1. The Balaban J connectivity index is 1.62. The van der Waals surface area contributed by atoms with E-state index in [9.17, 15) is 13.2 Å². The standard InChI is InChI=1S/C24H25F3N6/c1-14(2)18-5-3-4-15-6-8-19(29-21(15)18)23-31-30-20-9-7-16(12-33(20)23)22(24(25,26)27)32-11-10-17(28)13-32/h3-9,12,14,17,22H,10-11,13,28H2,1-2H3/t17-,22+/m0/s1. The molecule has 4 aromatic rings. The average molecular weight is 455 g/mol. The van der Waals surface area contributed by atoms with Gasteiger partial charge in [-0.25, -0.2) is 4.98 Å². The molecular weight excluding hydrogens is 429 g/mol. The molecule has 33 heavy (non-hydrogen) atoms. The fraction of sp³-hybridized carbons (Fsp3) is 0.375. The zero-order valence-electron chi connectivity index (χ0n) is 18.4. The van der Waals surface area contributed by atoms with Crippen LogP contribution < -0.4 is 5.73 Å². The first kappa shape index (κ1) is 21.8. The predicted octanol–water partition coefficient (Wildman–Crippen LogP) is 4.70. The van der Waals surface area contributed by atoms with E-state index < -0.39 is 12.2 Å². The van der Waals surface area contributed by atoms with Gasteiger partial charge < -0.3 is 5.73 Å². The highest BCUT2D eigenvalue weighted by Crippen LogP contribution is 2.39. The summed E-state index contributed by atoms with van der Waals surface area (Å²) in [5.74, 6) is 0.684. The van der Waals surface area contributed by atoms with Crippen molar-refractivity contribution in [3.63, 3.8) is 0 Å². The summed E-state index contributed by atoms with van der Waals surface area (Å²) in [7, 11) is 0. The average Bonchev–Trinajstić information content (AvgIpc) is 3.38. The van der Waals surface area contributed by atoms with Crippen molar-refractivity contribution in [3.8, 4) is 11.5 Å². The molecule has 0 radical (unpaired) electrons. The number of hydrogen-bond acceptors (Lipinski definition) is 5. The van der Waals surface area contributed by atoms with Gasteiger partial charge in [0.1, 0.15) is 11.7 Å². The van der Waals surface area contributed by atoms with Gasteiger partial charge in [0.25, 0.3) is 0 Å². The maximum Gasteiger partial charge on any atom is 0.408 e. The molecule has 2 atom stereocenters. The Bertz CT molecular complexity index is 1310. The normalized spacial score (nSPS) is 18.6. The third-order valence-electron chi connectivity index (χ3n) is 6.27. The molecule has 0 aliphatic carbocycles. The smallest absolute Gasteiger partial charge is 0.326 e. The number of nitrogens with zero attached hydrogens (tertiary/aromatic N) is 5. The summed E-state index contributed by atoms with van der Waals surface area (Å²) < 4.78 is 43.9. The number of rotatable bonds is 4. The van der Waals surface area contributed by atoms with Gasteiger partial charge >= 0.3 is 6.18 Å². The van der Waals surface area contributed by atoms with Crippen molar-refractivity contribution in [2.45, 2.75) is 44.4 Å². The van der Waals surface area contributed by atoms with Crippen LogP contribution in [0.5, 0.6) is 0 Å². The molecule has 6 nitrogen and oxygen atoms in total. The van der Waals surface area contributed by atoms with Crippen LogP contribution in [0.4, 0.5) is 13.2 Å². The molecule has 0 amide bonds. The lowest BCUT2D eigenvalue weighted by atomic mass is 9.99. The molecule has 1 aromatic carbocycles. The summed E-state index contributed by atoms with van der Waals surface area (Å²) in [5.41, 5.74) is 9.02. The highest BCUT2D eigenvalue weighted by Gasteiger charge is 2.46. The summed E-state index contributed by atoms with van der Waals surface area (Å²) >= 11 is 0. The lowest BCUT2D eigenvalue weighted by molar-refractivity contribution is -0.183. The summed E-state index contributed by atoms with van der Waals surface area (Å²) in [4.78, 5) is 6.23. The first-order chi connectivity index (χ1) is 15.7. The van der Waals surface area contributed by atoms with Crippen molar-refractivity contribution in [2.75, 3.05) is 13.1 Å². The van der Waals surface area contributed by atoms with E-state index >= 15 is 0 Å². The second-order valence-electron chi connectivity index (χ2n) is 8.97. The molecule has 1 fully saturated rings. The minimum Gasteiger partial charge on any atom is -0.326 e. The van der Waals surface area contributed by atoms with Crippen LogP contribution in [0.25, 0.3) is 28.1 Å². The molecule has 0 saturated carbocycles. The molecule has 5 rings (SSSR count). The highest BCUT2D eigenvalue weighted by molar-refractivity contribution is 5.84.